The number of carbonyl (C=O) groups is 1. The molecular formula is C26H24N4O3S. The molecule has 5 rings (SSSR count). The van der Waals surface area contributed by atoms with Gasteiger partial charge in [-0.3, -0.25) is 4.79 Å². The van der Waals surface area contributed by atoms with Crippen molar-refractivity contribution in [2.24, 2.45) is 0 Å². The number of hydrogen-bond acceptors (Lipinski definition) is 7. The third-order valence-corrected chi connectivity index (χ3v) is 6.80. The van der Waals surface area contributed by atoms with Crippen molar-refractivity contribution < 1.29 is 14.6 Å². The molecule has 1 fully saturated rings. The van der Waals surface area contributed by atoms with Crippen LogP contribution in [0.4, 0.5) is 5.82 Å². The van der Waals surface area contributed by atoms with Gasteiger partial charge < -0.3 is 20.1 Å². The van der Waals surface area contributed by atoms with Crippen LogP contribution >= 0.6 is 11.3 Å². The second kappa shape index (κ2) is 9.62. The molecule has 0 unspecified atom stereocenters. The van der Waals surface area contributed by atoms with E-state index in [0.717, 1.165) is 50.7 Å². The molecule has 7 nitrogen and oxygen atoms in total. The Kier molecular flexibility index (Phi) is 6.24. The lowest BCUT2D eigenvalue weighted by Crippen LogP contribution is -2.36. The Labute approximate surface area is 201 Å². The Morgan fingerprint density at radius 1 is 1.12 bits per heavy atom. The molecule has 1 aliphatic heterocycles. The van der Waals surface area contributed by atoms with E-state index in [2.05, 4.69) is 35.0 Å². The first-order valence-corrected chi connectivity index (χ1v) is 11.9. The molecule has 0 radical (unpaired) electrons. The highest BCUT2D eigenvalue weighted by molar-refractivity contribution is 7.22. The zero-order chi connectivity index (χ0) is 23.5. The average molecular weight is 473 g/mol. The number of rotatable bonds is 6. The normalized spacial score (nSPS) is 13.7. The van der Waals surface area contributed by atoms with Gasteiger partial charge in [-0.1, -0.05) is 36.9 Å². The lowest BCUT2D eigenvalue weighted by Gasteiger charge is -2.28. The molecule has 0 spiro atoms. The number of amides is 1. The number of aromatic hydroxyl groups is 1. The number of ether oxygens (including phenoxy) is 1. The number of phenolic OH excluding ortho intramolecular Hbond substituents is 1. The van der Waals surface area contributed by atoms with Gasteiger partial charge in [-0.2, -0.15) is 0 Å². The number of anilines is 1. The highest BCUT2D eigenvalue weighted by Crippen LogP contribution is 2.39. The van der Waals surface area contributed by atoms with E-state index in [-0.39, 0.29) is 11.7 Å². The number of fused-ring (bicyclic) bond motifs is 1. The molecule has 2 aromatic heterocycles. The van der Waals surface area contributed by atoms with E-state index in [4.69, 9.17) is 14.7 Å². The molecule has 0 atom stereocenters. The van der Waals surface area contributed by atoms with E-state index < -0.39 is 0 Å². The van der Waals surface area contributed by atoms with E-state index in [0.29, 0.717) is 25.6 Å². The van der Waals surface area contributed by atoms with Gasteiger partial charge in [-0.15, -0.1) is 11.3 Å². The molecule has 4 aromatic rings. The Morgan fingerprint density at radius 3 is 2.71 bits per heavy atom. The molecule has 0 bridgehead atoms. The van der Waals surface area contributed by atoms with E-state index in [1.807, 2.05) is 18.2 Å². The Morgan fingerprint density at radius 2 is 1.91 bits per heavy atom. The molecular weight excluding hydrogens is 448 g/mol. The van der Waals surface area contributed by atoms with Gasteiger partial charge in [0.2, 0.25) is 5.91 Å². The van der Waals surface area contributed by atoms with E-state index in [1.54, 1.807) is 29.5 Å². The molecule has 3 heterocycles. The van der Waals surface area contributed by atoms with Crippen molar-refractivity contribution >= 4 is 33.3 Å². The second-order valence-electron chi connectivity index (χ2n) is 7.97. The first-order chi connectivity index (χ1) is 16.6. The maximum absolute atomic E-state index is 11.5. The molecule has 172 valence electrons. The van der Waals surface area contributed by atoms with Crippen LogP contribution < -0.4 is 10.2 Å². The number of benzene rings is 2. The quantitative estimate of drug-likeness (QED) is 0.405. The molecule has 0 saturated carbocycles. The number of morpholine rings is 1. The predicted octanol–water partition coefficient (Wildman–Crippen LogP) is 4.37. The van der Waals surface area contributed by atoms with Crippen LogP contribution in [0.3, 0.4) is 0 Å². The summed E-state index contributed by atoms with van der Waals surface area (Å²) in [6.45, 7) is 6.76. The van der Waals surface area contributed by atoms with Gasteiger partial charge in [-0.05, 0) is 41.5 Å². The van der Waals surface area contributed by atoms with Gasteiger partial charge in [0.1, 0.15) is 5.75 Å². The number of aromatic nitrogens is 2. The Balaban J connectivity index is 1.57. The third-order valence-electron chi connectivity index (χ3n) is 5.63. The standard InChI is InChI=1S/C26H24N4O3S/c1-2-23(32)27-16-17-5-3-6-18(13-17)22-15-21-24(34-22)26(30-9-11-33-12-10-30)29-25(28-21)19-7-4-8-20(31)14-19/h2-8,13-15,31H,1,9-12,16H2,(H,27,32). The summed E-state index contributed by atoms with van der Waals surface area (Å²) < 4.78 is 6.57. The molecule has 8 heteroatoms. The van der Waals surface area contributed by atoms with E-state index in [9.17, 15) is 9.90 Å². The first kappa shape index (κ1) is 22.1. The minimum atomic E-state index is -0.197. The number of thiophene rings is 1. The Bertz CT molecular complexity index is 1360. The van der Waals surface area contributed by atoms with Gasteiger partial charge in [-0.25, -0.2) is 9.97 Å². The zero-order valence-corrected chi connectivity index (χ0v) is 19.3. The molecule has 1 saturated heterocycles. The fourth-order valence-corrected chi connectivity index (χ4v) is 5.03. The average Bonchev–Trinajstić information content (AvgIpc) is 3.32. The van der Waals surface area contributed by atoms with Gasteiger partial charge in [0.05, 0.1) is 23.4 Å². The van der Waals surface area contributed by atoms with Crippen molar-refractivity contribution in [3.8, 4) is 27.6 Å². The van der Waals surface area contributed by atoms with Crippen LogP contribution in [0.5, 0.6) is 5.75 Å². The smallest absolute Gasteiger partial charge is 0.243 e. The highest BCUT2D eigenvalue weighted by atomic mass is 32.1. The van der Waals surface area contributed by atoms with Crippen LogP contribution in [0.25, 0.3) is 32.0 Å². The fourth-order valence-electron chi connectivity index (χ4n) is 3.92. The van der Waals surface area contributed by atoms with Gasteiger partial charge in [0.15, 0.2) is 11.6 Å². The van der Waals surface area contributed by atoms with E-state index >= 15 is 0 Å². The summed E-state index contributed by atoms with van der Waals surface area (Å²) in [5.74, 6) is 1.45. The van der Waals surface area contributed by atoms with Crippen LogP contribution in [0, 0.1) is 0 Å². The van der Waals surface area contributed by atoms with Gasteiger partial charge in [0, 0.05) is 30.1 Å². The number of nitrogens with one attached hydrogen (secondary N) is 1. The van der Waals surface area contributed by atoms with Crippen LogP contribution in [0.15, 0.2) is 67.3 Å². The minimum absolute atomic E-state index is 0.181. The lowest BCUT2D eigenvalue weighted by molar-refractivity contribution is -0.116. The van der Waals surface area contributed by atoms with Crippen molar-refractivity contribution in [2.75, 3.05) is 31.2 Å². The molecule has 2 aromatic carbocycles. The van der Waals surface area contributed by atoms with Crippen molar-refractivity contribution in [3.63, 3.8) is 0 Å². The van der Waals surface area contributed by atoms with Crippen molar-refractivity contribution in [3.05, 3.63) is 72.8 Å². The predicted molar refractivity (Wildman–Crippen MR) is 135 cm³/mol. The zero-order valence-electron chi connectivity index (χ0n) is 18.5. The fraction of sp³-hybridized carbons (Fsp3) is 0.192. The lowest BCUT2D eigenvalue weighted by atomic mass is 10.1. The topological polar surface area (TPSA) is 87.6 Å². The number of phenols is 1. The van der Waals surface area contributed by atoms with E-state index in [1.165, 1.54) is 6.08 Å². The molecule has 1 amide bonds. The van der Waals surface area contributed by atoms with Gasteiger partial charge >= 0.3 is 0 Å². The third kappa shape index (κ3) is 4.64. The maximum Gasteiger partial charge on any atom is 0.243 e. The summed E-state index contributed by atoms with van der Waals surface area (Å²) in [5.41, 5.74) is 3.69. The number of carbonyl (C=O) groups excluding carboxylic acids is 1. The summed E-state index contributed by atoms with van der Waals surface area (Å²) in [5, 5.41) is 12.8. The monoisotopic (exact) mass is 472 g/mol. The van der Waals surface area contributed by atoms with Crippen molar-refractivity contribution in [1.82, 2.24) is 15.3 Å². The Hall–Kier alpha value is -3.75. The number of nitrogens with zero attached hydrogens (tertiary/aromatic N) is 3. The first-order valence-electron chi connectivity index (χ1n) is 11.0. The summed E-state index contributed by atoms with van der Waals surface area (Å²) in [6, 6.07) is 17.2. The van der Waals surface area contributed by atoms with Crippen LogP contribution in [0.1, 0.15) is 5.56 Å². The van der Waals surface area contributed by atoms with Crippen LogP contribution in [0.2, 0.25) is 0 Å². The summed E-state index contributed by atoms with van der Waals surface area (Å²) in [4.78, 5) is 24.6. The number of hydrogen-bond donors (Lipinski definition) is 2. The largest absolute Gasteiger partial charge is 0.508 e. The van der Waals surface area contributed by atoms with Crippen molar-refractivity contribution in [2.45, 2.75) is 6.54 Å². The van der Waals surface area contributed by atoms with Crippen LogP contribution in [-0.2, 0) is 16.1 Å². The SMILES string of the molecule is C=CC(=O)NCc1cccc(-c2cc3nc(-c4cccc(O)c4)nc(N4CCOCC4)c3s2)c1. The minimum Gasteiger partial charge on any atom is -0.508 e. The second-order valence-corrected chi connectivity index (χ2v) is 9.02. The molecule has 1 aliphatic rings. The molecule has 0 aliphatic carbocycles. The summed E-state index contributed by atoms with van der Waals surface area (Å²) in [7, 11) is 0. The van der Waals surface area contributed by atoms with Gasteiger partial charge in [0.25, 0.3) is 0 Å². The summed E-state index contributed by atoms with van der Waals surface area (Å²) >= 11 is 1.65. The highest BCUT2D eigenvalue weighted by Gasteiger charge is 2.20. The van der Waals surface area contributed by atoms with Crippen molar-refractivity contribution in [1.29, 1.82) is 0 Å². The summed E-state index contributed by atoms with van der Waals surface area (Å²) in [6.07, 6.45) is 1.27. The molecule has 34 heavy (non-hydrogen) atoms. The van der Waals surface area contributed by atoms with Crippen LogP contribution in [-0.4, -0.2) is 47.3 Å². The maximum atomic E-state index is 11.5. The molecule has 2 N–H and O–H groups in total.